The molecule has 0 radical (unpaired) electrons. The molecule has 1 heterocycles. The maximum atomic E-state index is 14.2. The molecule has 0 aliphatic rings. The van der Waals surface area contributed by atoms with Crippen molar-refractivity contribution in [2.75, 3.05) is 0 Å². The van der Waals surface area contributed by atoms with Gasteiger partial charge in [0.15, 0.2) is 0 Å². The van der Waals surface area contributed by atoms with E-state index >= 15 is 0 Å². The van der Waals surface area contributed by atoms with Crippen molar-refractivity contribution in [1.82, 2.24) is 4.90 Å². The Bertz CT molecular complexity index is 1410. The van der Waals surface area contributed by atoms with E-state index < -0.39 is 23.7 Å². The topological polar surface area (TPSA) is 57.6 Å². The van der Waals surface area contributed by atoms with E-state index in [0.717, 1.165) is 5.56 Å². The maximum Gasteiger partial charge on any atom is 0.326 e. The van der Waals surface area contributed by atoms with Crippen molar-refractivity contribution in [2.45, 2.75) is 19.0 Å². The van der Waals surface area contributed by atoms with Gasteiger partial charge in [-0.05, 0) is 58.5 Å². The van der Waals surface area contributed by atoms with E-state index in [4.69, 9.17) is 34.8 Å². The third kappa shape index (κ3) is 5.90. The molecule has 36 heavy (non-hydrogen) atoms. The van der Waals surface area contributed by atoms with Crippen molar-refractivity contribution in [3.8, 4) is 11.1 Å². The molecule has 1 N–H and O–H groups in total. The smallest absolute Gasteiger partial charge is 0.326 e. The van der Waals surface area contributed by atoms with Crippen LogP contribution in [0.4, 0.5) is 4.39 Å². The highest BCUT2D eigenvalue weighted by Gasteiger charge is 2.32. The van der Waals surface area contributed by atoms with Crippen molar-refractivity contribution in [3.63, 3.8) is 0 Å². The minimum atomic E-state index is -1.19. The van der Waals surface area contributed by atoms with Crippen LogP contribution < -0.4 is 0 Å². The minimum Gasteiger partial charge on any atom is -0.480 e. The lowest BCUT2D eigenvalue weighted by Crippen LogP contribution is -2.46. The average Bonchev–Trinajstić information content (AvgIpc) is 3.31. The Labute approximate surface area is 226 Å². The molecule has 0 fully saturated rings. The molecule has 0 saturated heterocycles. The first-order chi connectivity index (χ1) is 17.2. The highest BCUT2D eigenvalue weighted by Crippen LogP contribution is 2.33. The average molecular weight is 563 g/mol. The summed E-state index contributed by atoms with van der Waals surface area (Å²) < 4.78 is 14.2. The molecule has 0 spiro atoms. The third-order valence-corrected chi connectivity index (χ3v) is 7.41. The van der Waals surface area contributed by atoms with Crippen LogP contribution in [0.25, 0.3) is 11.1 Å². The van der Waals surface area contributed by atoms with Gasteiger partial charge in [0.25, 0.3) is 5.91 Å². The lowest BCUT2D eigenvalue weighted by atomic mass is 10.0. The van der Waals surface area contributed by atoms with E-state index in [1.54, 1.807) is 24.3 Å². The molecular formula is C27H19Cl3FNO3S. The molecule has 0 aliphatic carbocycles. The first-order valence-electron chi connectivity index (χ1n) is 10.8. The number of carboxylic acid groups (broad SMARTS) is 1. The number of nitrogens with zero attached hydrogens (tertiary/aromatic N) is 1. The standard InChI is InChI=1S/C27H19Cl3FNO3S/c28-18-7-8-20(22(30)14-18)26(33)32(24(27(34)35)12-16-4-2-1-3-5-16)15-25-19(10-11-36-25)17-6-9-21(29)23(31)13-17/h1-11,13-14,24H,12,15H2,(H,34,35). The summed E-state index contributed by atoms with van der Waals surface area (Å²) in [4.78, 5) is 28.2. The Morgan fingerprint density at radius 1 is 0.944 bits per heavy atom. The predicted octanol–water partition coefficient (Wildman–Crippen LogP) is 7.85. The minimum absolute atomic E-state index is 0.00137. The normalized spacial score (nSPS) is 11.8. The van der Waals surface area contributed by atoms with Crippen LogP contribution in [0.3, 0.4) is 0 Å². The lowest BCUT2D eigenvalue weighted by molar-refractivity contribution is -0.142. The molecule has 1 amide bonds. The van der Waals surface area contributed by atoms with E-state index in [1.165, 1.54) is 46.6 Å². The monoisotopic (exact) mass is 561 g/mol. The van der Waals surface area contributed by atoms with Crippen molar-refractivity contribution >= 4 is 58.0 Å². The van der Waals surface area contributed by atoms with Gasteiger partial charge in [-0.25, -0.2) is 9.18 Å². The number of hydrogen-bond donors (Lipinski definition) is 1. The number of halogens is 4. The molecule has 184 valence electrons. The van der Waals surface area contributed by atoms with E-state index in [2.05, 4.69) is 0 Å². The van der Waals surface area contributed by atoms with Gasteiger partial charge in [-0.3, -0.25) is 4.79 Å². The van der Waals surface area contributed by atoms with E-state index in [1.807, 2.05) is 23.6 Å². The van der Waals surface area contributed by atoms with E-state index in [0.29, 0.717) is 21.0 Å². The second-order valence-corrected chi connectivity index (χ2v) is 10.2. The van der Waals surface area contributed by atoms with Crippen LogP contribution in [-0.4, -0.2) is 27.9 Å². The second kappa shape index (κ2) is 11.4. The molecule has 4 nitrogen and oxygen atoms in total. The van der Waals surface area contributed by atoms with Crippen LogP contribution in [0.1, 0.15) is 20.8 Å². The fraction of sp³-hybridized carbons (Fsp3) is 0.111. The third-order valence-electron chi connectivity index (χ3n) is 5.65. The molecule has 1 aromatic heterocycles. The van der Waals surface area contributed by atoms with Crippen molar-refractivity contribution < 1.29 is 19.1 Å². The number of carboxylic acids is 1. The predicted molar refractivity (Wildman–Crippen MR) is 143 cm³/mol. The molecule has 1 unspecified atom stereocenters. The summed E-state index contributed by atoms with van der Waals surface area (Å²) in [5.41, 5.74) is 2.14. The zero-order valence-corrected chi connectivity index (χ0v) is 21.7. The molecule has 0 saturated carbocycles. The van der Waals surface area contributed by atoms with Crippen LogP contribution in [0.15, 0.2) is 78.2 Å². The van der Waals surface area contributed by atoms with Gasteiger partial charge < -0.3 is 10.0 Å². The SMILES string of the molecule is O=C(O)C(Cc1ccccc1)N(Cc1sccc1-c1ccc(Cl)c(F)c1)C(=O)c1ccc(Cl)cc1Cl. The molecule has 1 atom stereocenters. The molecule has 3 aromatic carbocycles. The zero-order chi connectivity index (χ0) is 25.8. The first kappa shape index (κ1) is 26.2. The number of rotatable bonds is 8. The summed E-state index contributed by atoms with van der Waals surface area (Å²) in [5, 5.41) is 12.5. The second-order valence-electron chi connectivity index (χ2n) is 7.99. The zero-order valence-electron chi connectivity index (χ0n) is 18.6. The fourth-order valence-corrected chi connectivity index (χ4v) is 5.35. The Hall–Kier alpha value is -2.90. The number of carbonyl (C=O) groups excluding carboxylic acids is 1. The van der Waals surface area contributed by atoms with Crippen molar-refractivity contribution in [2.24, 2.45) is 0 Å². The van der Waals surface area contributed by atoms with Crippen LogP contribution in [0.5, 0.6) is 0 Å². The van der Waals surface area contributed by atoms with Crippen LogP contribution in [0.2, 0.25) is 15.1 Å². The van der Waals surface area contributed by atoms with Gasteiger partial charge in [-0.2, -0.15) is 0 Å². The number of thiophene rings is 1. The van der Waals surface area contributed by atoms with Crippen LogP contribution in [-0.2, 0) is 17.8 Å². The Morgan fingerprint density at radius 3 is 2.36 bits per heavy atom. The largest absolute Gasteiger partial charge is 0.480 e. The molecule has 9 heteroatoms. The number of aliphatic carboxylic acids is 1. The van der Waals surface area contributed by atoms with Gasteiger partial charge in [0.1, 0.15) is 11.9 Å². The number of carbonyl (C=O) groups is 2. The first-order valence-corrected chi connectivity index (χ1v) is 12.8. The van der Waals surface area contributed by atoms with Gasteiger partial charge in [0, 0.05) is 16.3 Å². The van der Waals surface area contributed by atoms with Crippen molar-refractivity contribution in [1.29, 1.82) is 0 Å². The summed E-state index contributed by atoms with van der Waals surface area (Å²) in [6.07, 6.45) is 0.0867. The summed E-state index contributed by atoms with van der Waals surface area (Å²) in [5.74, 6) is -2.28. The van der Waals surface area contributed by atoms with Crippen molar-refractivity contribution in [3.05, 3.63) is 115 Å². The summed E-state index contributed by atoms with van der Waals surface area (Å²) >= 11 is 19.5. The highest BCUT2D eigenvalue weighted by atomic mass is 35.5. The van der Waals surface area contributed by atoms with Gasteiger partial charge in [0.05, 0.1) is 22.2 Å². The molecular weight excluding hydrogens is 544 g/mol. The maximum absolute atomic E-state index is 14.2. The van der Waals surface area contributed by atoms with Gasteiger partial charge >= 0.3 is 5.97 Å². The van der Waals surface area contributed by atoms with E-state index in [-0.39, 0.29) is 28.6 Å². The van der Waals surface area contributed by atoms with Crippen LogP contribution in [0, 0.1) is 5.82 Å². The Balaban J connectivity index is 1.77. The molecule has 0 aliphatic heterocycles. The highest BCUT2D eigenvalue weighted by molar-refractivity contribution is 7.10. The molecule has 4 rings (SSSR count). The fourth-order valence-electron chi connectivity index (χ4n) is 3.85. The Morgan fingerprint density at radius 2 is 1.69 bits per heavy atom. The molecule has 4 aromatic rings. The summed E-state index contributed by atoms with van der Waals surface area (Å²) in [7, 11) is 0. The lowest BCUT2D eigenvalue weighted by Gasteiger charge is -2.30. The van der Waals surface area contributed by atoms with Gasteiger partial charge in [-0.1, -0.05) is 71.2 Å². The number of amides is 1. The number of hydrogen-bond acceptors (Lipinski definition) is 3. The van der Waals surface area contributed by atoms with Gasteiger partial charge in [0.2, 0.25) is 0 Å². The molecule has 0 bridgehead atoms. The van der Waals surface area contributed by atoms with Gasteiger partial charge in [-0.15, -0.1) is 11.3 Å². The summed E-state index contributed by atoms with van der Waals surface area (Å²) in [6.45, 7) is -0.0289. The number of benzene rings is 3. The summed E-state index contributed by atoms with van der Waals surface area (Å²) in [6, 6.07) is 18.6. The quantitative estimate of drug-likeness (QED) is 0.238. The van der Waals surface area contributed by atoms with E-state index in [9.17, 15) is 19.1 Å². The Kier molecular flexibility index (Phi) is 8.32. The van der Waals surface area contributed by atoms with Crippen LogP contribution >= 0.6 is 46.1 Å².